The summed E-state index contributed by atoms with van der Waals surface area (Å²) in [5.41, 5.74) is 1.20. The van der Waals surface area contributed by atoms with Crippen LogP contribution in [0.4, 0.5) is 0 Å². The van der Waals surface area contributed by atoms with Crippen molar-refractivity contribution in [2.75, 3.05) is 13.1 Å². The van der Waals surface area contributed by atoms with E-state index in [9.17, 15) is 4.79 Å². The number of rotatable bonds is 4. The van der Waals surface area contributed by atoms with Crippen molar-refractivity contribution in [3.63, 3.8) is 0 Å². The van der Waals surface area contributed by atoms with Crippen LogP contribution in [0.15, 0.2) is 24.3 Å². The second kappa shape index (κ2) is 6.60. The molecule has 0 bridgehead atoms. The van der Waals surface area contributed by atoms with E-state index in [1.807, 2.05) is 43.0 Å². The second-order valence-electron chi connectivity index (χ2n) is 5.21. The van der Waals surface area contributed by atoms with Gasteiger partial charge < -0.3 is 9.64 Å². The van der Waals surface area contributed by atoms with Crippen molar-refractivity contribution in [3.8, 4) is 5.75 Å². The summed E-state index contributed by atoms with van der Waals surface area (Å²) >= 11 is 0. The van der Waals surface area contributed by atoms with Crippen LogP contribution in [-0.4, -0.2) is 30.0 Å². The van der Waals surface area contributed by atoms with Crippen LogP contribution in [0.5, 0.6) is 5.75 Å². The Morgan fingerprint density at radius 1 is 1.21 bits per heavy atom. The van der Waals surface area contributed by atoms with Gasteiger partial charge in [0.1, 0.15) is 5.75 Å². The Hall–Kier alpha value is -1.51. The zero-order valence-electron chi connectivity index (χ0n) is 11.9. The van der Waals surface area contributed by atoms with Crippen LogP contribution in [0.25, 0.3) is 0 Å². The zero-order chi connectivity index (χ0) is 13.7. The number of likely N-dealkylation sites (tertiary alicyclic amines) is 1. The topological polar surface area (TPSA) is 29.5 Å². The molecule has 0 N–H and O–H groups in total. The molecule has 1 fully saturated rings. The smallest absolute Gasteiger partial charge is 0.263 e. The molecule has 1 aromatic rings. The van der Waals surface area contributed by atoms with E-state index in [0.717, 1.165) is 31.7 Å². The van der Waals surface area contributed by atoms with Crippen LogP contribution < -0.4 is 4.74 Å². The van der Waals surface area contributed by atoms with Gasteiger partial charge in [0.05, 0.1) is 0 Å². The number of ether oxygens (including phenoxy) is 1. The van der Waals surface area contributed by atoms with E-state index >= 15 is 0 Å². The molecule has 0 aromatic heterocycles. The first-order valence-electron chi connectivity index (χ1n) is 7.23. The Kier molecular flexibility index (Phi) is 4.83. The molecule has 3 nitrogen and oxygen atoms in total. The molecule has 1 amide bonds. The van der Waals surface area contributed by atoms with Gasteiger partial charge in [0.15, 0.2) is 6.10 Å². The number of nitrogens with zero attached hydrogens (tertiary/aromatic N) is 1. The van der Waals surface area contributed by atoms with Crippen molar-refractivity contribution in [2.24, 2.45) is 0 Å². The quantitative estimate of drug-likeness (QED) is 0.833. The lowest BCUT2D eigenvalue weighted by Crippen LogP contribution is -2.44. The summed E-state index contributed by atoms with van der Waals surface area (Å²) in [6, 6.07) is 7.88. The number of hydrogen-bond donors (Lipinski definition) is 0. The van der Waals surface area contributed by atoms with Gasteiger partial charge in [0.2, 0.25) is 0 Å². The van der Waals surface area contributed by atoms with E-state index in [1.165, 1.54) is 12.0 Å². The Bertz CT molecular complexity index is 407. The molecule has 0 aliphatic carbocycles. The molecular formula is C16H23NO2. The maximum absolute atomic E-state index is 12.4. The number of hydrogen-bond acceptors (Lipinski definition) is 2. The standard InChI is InChI=1S/C16H23NO2/c1-3-15(16(18)17-11-5-4-6-12-17)19-14-9-7-13(2)8-10-14/h7-10,15H,3-6,11-12H2,1-2H3. The van der Waals surface area contributed by atoms with Crippen LogP contribution >= 0.6 is 0 Å². The summed E-state index contributed by atoms with van der Waals surface area (Å²) in [5, 5.41) is 0. The van der Waals surface area contributed by atoms with E-state index in [1.54, 1.807) is 0 Å². The predicted octanol–water partition coefficient (Wildman–Crippen LogP) is 3.16. The molecule has 1 aromatic carbocycles. The summed E-state index contributed by atoms with van der Waals surface area (Å²) in [4.78, 5) is 14.4. The van der Waals surface area contributed by atoms with Gasteiger partial charge in [-0.15, -0.1) is 0 Å². The lowest BCUT2D eigenvalue weighted by atomic mass is 10.1. The monoisotopic (exact) mass is 261 g/mol. The average Bonchev–Trinajstić information content (AvgIpc) is 2.47. The van der Waals surface area contributed by atoms with E-state index in [2.05, 4.69) is 0 Å². The predicted molar refractivity (Wildman–Crippen MR) is 76.3 cm³/mol. The van der Waals surface area contributed by atoms with Gasteiger partial charge in [-0.25, -0.2) is 0 Å². The van der Waals surface area contributed by atoms with Crippen molar-refractivity contribution >= 4 is 5.91 Å². The molecule has 1 aliphatic rings. The molecule has 3 heteroatoms. The third kappa shape index (κ3) is 3.72. The molecule has 0 spiro atoms. The van der Waals surface area contributed by atoms with Gasteiger partial charge in [-0.05, 0) is 44.7 Å². The van der Waals surface area contributed by atoms with Crippen LogP contribution in [0.2, 0.25) is 0 Å². The molecule has 19 heavy (non-hydrogen) atoms. The first-order valence-corrected chi connectivity index (χ1v) is 7.23. The fraction of sp³-hybridized carbons (Fsp3) is 0.562. The number of amides is 1. The van der Waals surface area contributed by atoms with Crippen LogP contribution in [0.3, 0.4) is 0 Å². The molecular weight excluding hydrogens is 238 g/mol. The maximum Gasteiger partial charge on any atom is 0.263 e. The van der Waals surface area contributed by atoms with E-state index < -0.39 is 0 Å². The molecule has 1 aliphatic heterocycles. The zero-order valence-corrected chi connectivity index (χ0v) is 11.9. The van der Waals surface area contributed by atoms with Crippen molar-refractivity contribution in [1.82, 2.24) is 4.90 Å². The van der Waals surface area contributed by atoms with Gasteiger partial charge in [-0.3, -0.25) is 4.79 Å². The summed E-state index contributed by atoms with van der Waals surface area (Å²) in [7, 11) is 0. The highest BCUT2D eigenvalue weighted by atomic mass is 16.5. The molecule has 2 rings (SSSR count). The van der Waals surface area contributed by atoms with Gasteiger partial charge >= 0.3 is 0 Å². The first-order chi connectivity index (χ1) is 9.20. The van der Waals surface area contributed by atoms with Gasteiger partial charge in [-0.1, -0.05) is 24.6 Å². The third-order valence-electron chi connectivity index (χ3n) is 3.61. The van der Waals surface area contributed by atoms with E-state index in [4.69, 9.17) is 4.74 Å². The van der Waals surface area contributed by atoms with Crippen molar-refractivity contribution in [3.05, 3.63) is 29.8 Å². The fourth-order valence-corrected chi connectivity index (χ4v) is 2.41. The normalized spacial score (nSPS) is 17.1. The van der Waals surface area contributed by atoms with E-state index in [-0.39, 0.29) is 12.0 Å². The molecule has 0 radical (unpaired) electrons. The summed E-state index contributed by atoms with van der Waals surface area (Å²) in [5.74, 6) is 0.922. The summed E-state index contributed by atoms with van der Waals surface area (Å²) in [6.45, 7) is 5.81. The maximum atomic E-state index is 12.4. The molecule has 1 atom stereocenters. The van der Waals surface area contributed by atoms with Crippen molar-refractivity contribution in [2.45, 2.75) is 45.6 Å². The van der Waals surface area contributed by atoms with E-state index in [0.29, 0.717) is 6.42 Å². The summed E-state index contributed by atoms with van der Waals surface area (Å²) < 4.78 is 5.84. The molecule has 1 saturated heterocycles. The Morgan fingerprint density at radius 3 is 2.42 bits per heavy atom. The minimum absolute atomic E-state index is 0.141. The highest BCUT2D eigenvalue weighted by Crippen LogP contribution is 2.17. The minimum Gasteiger partial charge on any atom is -0.481 e. The lowest BCUT2D eigenvalue weighted by molar-refractivity contribution is -0.139. The van der Waals surface area contributed by atoms with Gasteiger partial charge in [0.25, 0.3) is 5.91 Å². The van der Waals surface area contributed by atoms with Gasteiger partial charge in [-0.2, -0.15) is 0 Å². The Balaban J connectivity index is 1.98. The highest BCUT2D eigenvalue weighted by molar-refractivity contribution is 5.81. The summed E-state index contributed by atoms with van der Waals surface area (Å²) in [6.07, 6.45) is 3.84. The van der Waals surface area contributed by atoms with Crippen LogP contribution in [-0.2, 0) is 4.79 Å². The minimum atomic E-state index is -0.346. The number of carbonyl (C=O) groups is 1. The number of carbonyl (C=O) groups excluding carboxylic acids is 1. The van der Waals surface area contributed by atoms with Crippen molar-refractivity contribution < 1.29 is 9.53 Å². The van der Waals surface area contributed by atoms with Crippen LogP contribution in [0.1, 0.15) is 38.2 Å². The van der Waals surface area contributed by atoms with Crippen molar-refractivity contribution in [1.29, 1.82) is 0 Å². The fourth-order valence-electron chi connectivity index (χ4n) is 2.41. The Morgan fingerprint density at radius 2 is 1.84 bits per heavy atom. The molecule has 104 valence electrons. The molecule has 1 heterocycles. The van der Waals surface area contributed by atoms with Crippen LogP contribution in [0, 0.1) is 6.92 Å². The number of benzene rings is 1. The van der Waals surface area contributed by atoms with Gasteiger partial charge in [0, 0.05) is 13.1 Å². The first kappa shape index (κ1) is 13.9. The molecule has 0 saturated carbocycles. The second-order valence-corrected chi connectivity index (χ2v) is 5.21. The highest BCUT2D eigenvalue weighted by Gasteiger charge is 2.25. The lowest BCUT2D eigenvalue weighted by Gasteiger charge is -2.30. The number of aryl methyl sites for hydroxylation is 1. The Labute approximate surface area is 115 Å². The average molecular weight is 261 g/mol. The third-order valence-corrected chi connectivity index (χ3v) is 3.61. The number of piperidine rings is 1. The molecule has 1 unspecified atom stereocenters. The SMILES string of the molecule is CCC(Oc1ccc(C)cc1)C(=O)N1CCCCC1. The largest absolute Gasteiger partial charge is 0.481 e.